The molecule has 1 fully saturated rings. The summed E-state index contributed by atoms with van der Waals surface area (Å²) in [6.07, 6.45) is 2.01. The van der Waals surface area contributed by atoms with Gasteiger partial charge in [-0.3, -0.25) is 4.79 Å². The Hall–Kier alpha value is -2.28. The van der Waals surface area contributed by atoms with Gasteiger partial charge in [0, 0.05) is 39.0 Å². The Morgan fingerprint density at radius 1 is 1.13 bits per heavy atom. The summed E-state index contributed by atoms with van der Waals surface area (Å²) in [5, 5.41) is 11.9. The van der Waals surface area contributed by atoms with Crippen LogP contribution in [0.15, 0.2) is 30.3 Å². The number of para-hydroxylation sites is 1. The zero-order valence-corrected chi connectivity index (χ0v) is 13.4. The molecular weight excluding hydrogens is 292 g/mol. The molecule has 3 rings (SSSR count). The quantitative estimate of drug-likeness (QED) is 0.815. The Balaban J connectivity index is 1.52. The van der Waals surface area contributed by atoms with Crippen molar-refractivity contribution in [3.63, 3.8) is 0 Å². The van der Waals surface area contributed by atoms with Crippen molar-refractivity contribution >= 4 is 5.91 Å². The van der Waals surface area contributed by atoms with Crippen molar-refractivity contribution in [1.82, 2.24) is 30.0 Å². The van der Waals surface area contributed by atoms with E-state index in [1.54, 1.807) is 4.68 Å². The van der Waals surface area contributed by atoms with Crippen LogP contribution in [0.3, 0.4) is 0 Å². The Labute approximate surface area is 135 Å². The Morgan fingerprint density at radius 2 is 1.87 bits per heavy atom. The Bertz CT molecular complexity index is 633. The molecule has 1 saturated heterocycles. The number of carbonyl (C=O) groups is 1. The van der Waals surface area contributed by atoms with Crippen molar-refractivity contribution in [2.24, 2.45) is 0 Å². The fourth-order valence-corrected chi connectivity index (χ4v) is 2.74. The van der Waals surface area contributed by atoms with Crippen LogP contribution in [0, 0.1) is 0 Å². The minimum Gasteiger partial charge on any atom is -0.340 e. The van der Waals surface area contributed by atoms with Crippen molar-refractivity contribution in [2.45, 2.75) is 19.3 Å². The number of piperazine rings is 1. The molecule has 23 heavy (non-hydrogen) atoms. The predicted octanol–water partition coefficient (Wildman–Crippen LogP) is 0.759. The van der Waals surface area contributed by atoms with Crippen molar-refractivity contribution < 1.29 is 4.79 Å². The molecule has 0 atom stereocenters. The van der Waals surface area contributed by atoms with E-state index in [9.17, 15) is 4.79 Å². The molecule has 7 nitrogen and oxygen atoms in total. The molecule has 1 aromatic carbocycles. The highest BCUT2D eigenvalue weighted by Gasteiger charge is 2.18. The molecule has 0 N–H and O–H groups in total. The summed E-state index contributed by atoms with van der Waals surface area (Å²) < 4.78 is 1.74. The zero-order valence-electron chi connectivity index (χ0n) is 13.4. The second kappa shape index (κ2) is 7.32. The van der Waals surface area contributed by atoms with E-state index in [1.807, 2.05) is 35.2 Å². The van der Waals surface area contributed by atoms with E-state index in [1.165, 1.54) is 0 Å². The summed E-state index contributed by atoms with van der Waals surface area (Å²) in [4.78, 5) is 16.4. The number of likely N-dealkylation sites (N-methyl/N-ethyl adjacent to an activating group) is 1. The summed E-state index contributed by atoms with van der Waals surface area (Å²) in [5.74, 6) is 1.03. The number of amides is 1. The molecular formula is C16H22N6O. The van der Waals surface area contributed by atoms with Crippen LogP contribution in [0.2, 0.25) is 0 Å². The van der Waals surface area contributed by atoms with E-state index in [0.717, 1.165) is 44.1 Å². The summed E-state index contributed by atoms with van der Waals surface area (Å²) >= 11 is 0. The lowest BCUT2D eigenvalue weighted by atomic mass is 10.2. The molecule has 0 saturated carbocycles. The second-order valence-corrected chi connectivity index (χ2v) is 5.88. The smallest absolute Gasteiger partial charge is 0.222 e. The first-order valence-corrected chi connectivity index (χ1v) is 8.03. The van der Waals surface area contributed by atoms with Crippen LogP contribution in [-0.2, 0) is 11.2 Å². The monoisotopic (exact) mass is 314 g/mol. The van der Waals surface area contributed by atoms with E-state index in [4.69, 9.17) is 0 Å². The van der Waals surface area contributed by atoms with Crippen LogP contribution in [0.4, 0.5) is 0 Å². The molecule has 1 amide bonds. The molecule has 1 aliphatic rings. The van der Waals surface area contributed by atoms with Crippen LogP contribution in [0.25, 0.3) is 5.69 Å². The van der Waals surface area contributed by atoms with Gasteiger partial charge in [0.05, 0.1) is 5.69 Å². The minimum absolute atomic E-state index is 0.233. The van der Waals surface area contributed by atoms with Gasteiger partial charge in [-0.2, -0.15) is 4.68 Å². The average Bonchev–Trinajstić information content (AvgIpc) is 3.05. The Morgan fingerprint density at radius 3 is 2.61 bits per heavy atom. The fraction of sp³-hybridized carbons (Fsp3) is 0.500. The van der Waals surface area contributed by atoms with Gasteiger partial charge in [0.2, 0.25) is 5.91 Å². The number of benzene rings is 1. The van der Waals surface area contributed by atoms with Crippen LogP contribution in [0.5, 0.6) is 0 Å². The molecule has 2 aromatic rings. The molecule has 0 spiro atoms. The molecule has 0 unspecified atom stereocenters. The van der Waals surface area contributed by atoms with Gasteiger partial charge in [-0.15, -0.1) is 5.10 Å². The summed E-state index contributed by atoms with van der Waals surface area (Å²) in [5.41, 5.74) is 0.942. The molecule has 1 aliphatic heterocycles. The van der Waals surface area contributed by atoms with E-state index in [2.05, 4.69) is 27.5 Å². The minimum atomic E-state index is 0.233. The maximum atomic E-state index is 12.2. The standard InChI is InChI=1S/C16H22N6O/c1-20-10-12-21(13-11-20)16(23)9-5-8-15-17-18-19-22(15)14-6-3-2-4-7-14/h2-4,6-7H,5,8-13H2,1H3. The number of tetrazole rings is 1. The van der Waals surface area contributed by atoms with Gasteiger partial charge < -0.3 is 9.80 Å². The van der Waals surface area contributed by atoms with E-state index in [0.29, 0.717) is 12.8 Å². The number of aromatic nitrogens is 4. The number of nitrogens with zero attached hydrogens (tertiary/aromatic N) is 6. The molecule has 0 radical (unpaired) electrons. The number of carbonyl (C=O) groups excluding carboxylic acids is 1. The van der Waals surface area contributed by atoms with Gasteiger partial charge >= 0.3 is 0 Å². The van der Waals surface area contributed by atoms with E-state index < -0.39 is 0 Å². The summed E-state index contributed by atoms with van der Waals surface area (Å²) in [6, 6.07) is 9.81. The second-order valence-electron chi connectivity index (χ2n) is 5.88. The normalized spacial score (nSPS) is 15.8. The lowest BCUT2D eigenvalue weighted by Crippen LogP contribution is -2.47. The van der Waals surface area contributed by atoms with Crippen LogP contribution < -0.4 is 0 Å². The molecule has 122 valence electrons. The van der Waals surface area contributed by atoms with Crippen LogP contribution >= 0.6 is 0 Å². The number of rotatable bonds is 5. The van der Waals surface area contributed by atoms with Crippen molar-refractivity contribution in [3.05, 3.63) is 36.2 Å². The summed E-state index contributed by atoms with van der Waals surface area (Å²) in [6.45, 7) is 3.57. The van der Waals surface area contributed by atoms with Crippen LogP contribution in [-0.4, -0.2) is 69.1 Å². The van der Waals surface area contributed by atoms with Crippen LogP contribution in [0.1, 0.15) is 18.7 Å². The number of hydrogen-bond donors (Lipinski definition) is 0. The molecule has 7 heteroatoms. The third-order valence-electron chi connectivity index (χ3n) is 4.18. The third-order valence-corrected chi connectivity index (χ3v) is 4.18. The van der Waals surface area contributed by atoms with Gasteiger partial charge in [0.15, 0.2) is 5.82 Å². The van der Waals surface area contributed by atoms with Gasteiger partial charge in [0.1, 0.15) is 0 Å². The van der Waals surface area contributed by atoms with E-state index >= 15 is 0 Å². The number of hydrogen-bond acceptors (Lipinski definition) is 5. The highest BCUT2D eigenvalue weighted by atomic mass is 16.2. The topological polar surface area (TPSA) is 67.2 Å². The highest BCUT2D eigenvalue weighted by molar-refractivity contribution is 5.76. The first-order chi connectivity index (χ1) is 11.2. The van der Waals surface area contributed by atoms with Gasteiger partial charge in [-0.1, -0.05) is 18.2 Å². The van der Waals surface area contributed by atoms with Crippen molar-refractivity contribution in [2.75, 3.05) is 33.2 Å². The predicted molar refractivity (Wildman–Crippen MR) is 86.2 cm³/mol. The maximum absolute atomic E-state index is 12.2. The van der Waals surface area contributed by atoms with Crippen molar-refractivity contribution in [1.29, 1.82) is 0 Å². The zero-order chi connectivity index (χ0) is 16.1. The van der Waals surface area contributed by atoms with Gasteiger partial charge in [-0.05, 0) is 36.0 Å². The first-order valence-electron chi connectivity index (χ1n) is 8.03. The van der Waals surface area contributed by atoms with Gasteiger partial charge in [0.25, 0.3) is 0 Å². The number of aryl methyl sites for hydroxylation is 1. The SMILES string of the molecule is CN1CCN(C(=O)CCCc2nnnn2-c2ccccc2)CC1. The van der Waals surface area contributed by atoms with Gasteiger partial charge in [-0.25, -0.2) is 0 Å². The molecule has 2 heterocycles. The molecule has 0 bridgehead atoms. The Kier molecular flexibility index (Phi) is 4.97. The average molecular weight is 314 g/mol. The highest BCUT2D eigenvalue weighted by Crippen LogP contribution is 2.10. The molecule has 1 aromatic heterocycles. The maximum Gasteiger partial charge on any atom is 0.222 e. The molecule has 0 aliphatic carbocycles. The lowest BCUT2D eigenvalue weighted by Gasteiger charge is -2.32. The lowest BCUT2D eigenvalue weighted by molar-refractivity contribution is -0.132. The van der Waals surface area contributed by atoms with Crippen molar-refractivity contribution in [3.8, 4) is 5.69 Å². The van der Waals surface area contributed by atoms with E-state index in [-0.39, 0.29) is 5.91 Å². The first kappa shape index (κ1) is 15.6. The third kappa shape index (κ3) is 3.92. The largest absolute Gasteiger partial charge is 0.340 e. The summed E-state index contributed by atoms with van der Waals surface area (Å²) in [7, 11) is 2.09. The fourth-order valence-electron chi connectivity index (χ4n) is 2.74.